The Bertz CT molecular complexity index is 1430. The standard InChI is InChI=1S/C33H41N3O3S2/c1-19-4-6-24-27(10-19)41-31-29(24)30(35-32(36-31)33-15-21-11-22(16-33)13-23(12-21)17-33)40-18-28(37)34-9-8-20-5-7-25(38-2)26(14-20)39-3/h5,7,14,19,21-23H,4,6,8-13,15-18H2,1-3H3,(H,34,37)/t19-,21?,22?,23?,33?/m0/s1. The van der Waals surface area contributed by atoms with Crippen molar-refractivity contribution in [3.63, 3.8) is 0 Å². The van der Waals surface area contributed by atoms with Gasteiger partial charge in [-0.3, -0.25) is 4.79 Å². The van der Waals surface area contributed by atoms with Gasteiger partial charge in [-0.15, -0.1) is 11.3 Å². The third-order valence-corrected chi connectivity index (χ3v) is 12.3. The number of thiophene rings is 1. The molecule has 1 atom stereocenters. The molecule has 0 saturated heterocycles. The summed E-state index contributed by atoms with van der Waals surface area (Å²) in [6.45, 7) is 2.94. The molecule has 5 aliphatic carbocycles. The summed E-state index contributed by atoms with van der Waals surface area (Å²) in [6, 6.07) is 5.91. The van der Waals surface area contributed by atoms with Gasteiger partial charge in [-0.2, -0.15) is 0 Å². The van der Waals surface area contributed by atoms with Gasteiger partial charge in [-0.05, 0) is 111 Å². The first kappa shape index (κ1) is 27.5. The second-order valence-electron chi connectivity index (χ2n) is 13.2. The summed E-state index contributed by atoms with van der Waals surface area (Å²) in [5, 5.41) is 5.42. The van der Waals surface area contributed by atoms with Crippen LogP contribution in [0.4, 0.5) is 0 Å². The molecule has 4 bridgehead atoms. The van der Waals surface area contributed by atoms with Crippen molar-refractivity contribution in [3.05, 3.63) is 40.0 Å². The molecule has 0 spiro atoms. The van der Waals surface area contributed by atoms with E-state index >= 15 is 0 Å². The van der Waals surface area contributed by atoms with Crippen molar-refractivity contribution in [1.82, 2.24) is 15.3 Å². The molecule has 3 aromatic rings. The minimum atomic E-state index is 0.0521. The smallest absolute Gasteiger partial charge is 0.230 e. The van der Waals surface area contributed by atoms with Crippen LogP contribution in [0.5, 0.6) is 11.5 Å². The molecule has 8 heteroatoms. The Morgan fingerprint density at radius 3 is 2.51 bits per heavy atom. The SMILES string of the molecule is COc1ccc(CCNC(=O)CSc2nc(C34CC5CC(CC(C5)C3)C4)nc3sc4c(c23)CC[C@H](C)C4)cc1OC. The van der Waals surface area contributed by atoms with E-state index in [2.05, 4.69) is 12.2 Å². The molecular weight excluding hydrogens is 551 g/mol. The number of carbonyl (C=O) groups excluding carboxylic acids is 1. The van der Waals surface area contributed by atoms with Crippen LogP contribution in [0.25, 0.3) is 10.2 Å². The average Bonchev–Trinajstić information content (AvgIpc) is 3.32. The minimum Gasteiger partial charge on any atom is -0.493 e. The number of nitrogens with one attached hydrogen (secondary N) is 1. The molecule has 1 N–H and O–H groups in total. The summed E-state index contributed by atoms with van der Waals surface area (Å²) < 4.78 is 10.8. The number of aryl methyl sites for hydroxylation is 1. The lowest BCUT2D eigenvalue weighted by molar-refractivity contribution is -0.118. The van der Waals surface area contributed by atoms with Crippen LogP contribution in [0.3, 0.4) is 0 Å². The van der Waals surface area contributed by atoms with Crippen molar-refractivity contribution in [1.29, 1.82) is 0 Å². The highest BCUT2D eigenvalue weighted by Gasteiger charge is 2.53. The number of hydrogen-bond donors (Lipinski definition) is 1. The van der Waals surface area contributed by atoms with E-state index in [1.807, 2.05) is 29.5 Å². The topological polar surface area (TPSA) is 73.3 Å². The van der Waals surface area contributed by atoms with Crippen molar-refractivity contribution in [2.24, 2.45) is 23.7 Å². The van der Waals surface area contributed by atoms with Crippen molar-refractivity contribution in [2.45, 2.75) is 81.6 Å². The first-order valence-corrected chi connectivity index (χ1v) is 17.2. The zero-order chi connectivity index (χ0) is 28.1. The van der Waals surface area contributed by atoms with Gasteiger partial charge in [0.15, 0.2) is 11.5 Å². The molecule has 0 unspecified atom stereocenters. The number of ether oxygens (including phenoxy) is 2. The normalized spacial score (nSPS) is 28.1. The highest BCUT2D eigenvalue weighted by Crippen LogP contribution is 2.60. The molecule has 1 aromatic carbocycles. The highest BCUT2D eigenvalue weighted by atomic mass is 32.2. The zero-order valence-electron chi connectivity index (χ0n) is 24.5. The number of rotatable bonds is 9. The van der Waals surface area contributed by atoms with Gasteiger partial charge in [0, 0.05) is 22.2 Å². The van der Waals surface area contributed by atoms with Gasteiger partial charge in [-0.1, -0.05) is 24.8 Å². The van der Waals surface area contributed by atoms with Crippen molar-refractivity contribution >= 4 is 39.2 Å². The Morgan fingerprint density at radius 1 is 1.07 bits per heavy atom. The Kier molecular flexibility index (Phi) is 7.43. The quantitative estimate of drug-likeness (QED) is 0.219. The summed E-state index contributed by atoms with van der Waals surface area (Å²) in [7, 11) is 3.28. The van der Waals surface area contributed by atoms with E-state index in [0.29, 0.717) is 23.8 Å². The van der Waals surface area contributed by atoms with Gasteiger partial charge < -0.3 is 14.8 Å². The predicted octanol–water partition coefficient (Wildman–Crippen LogP) is 6.75. The first-order valence-electron chi connectivity index (χ1n) is 15.4. The molecule has 6 nitrogen and oxygen atoms in total. The van der Waals surface area contributed by atoms with Crippen molar-refractivity contribution in [2.75, 3.05) is 26.5 Å². The monoisotopic (exact) mass is 591 g/mol. The molecule has 0 aliphatic heterocycles. The van der Waals surface area contributed by atoms with Crippen molar-refractivity contribution in [3.8, 4) is 11.5 Å². The molecule has 2 heterocycles. The molecule has 0 radical (unpaired) electrons. The fraction of sp³-hybridized carbons (Fsp3) is 0.606. The Balaban J connectivity index is 1.10. The van der Waals surface area contributed by atoms with E-state index < -0.39 is 0 Å². The number of benzene rings is 1. The molecule has 8 rings (SSSR count). The van der Waals surface area contributed by atoms with E-state index in [9.17, 15) is 4.79 Å². The summed E-state index contributed by atoms with van der Waals surface area (Å²) in [5.41, 5.74) is 2.71. The molecule has 1 amide bonds. The number of methoxy groups -OCH3 is 2. The van der Waals surface area contributed by atoms with Gasteiger partial charge in [0.25, 0.3) is 0 Å². The summed E-state index contributed by atoms with van der Waals surface area (Å²) in [5.74, 6) is 6.22. The van der Waals surface area contributed by atoms with Crippen molar-refractivity contribution < 1.29 is 14.3 Å². The van der Waals surface area contributed by atoms with Crippen LogP contribution in [0.2, 0.25) is 0 Å². The molecular formula is C33H41N3O3S2. The number of hydrogen-bond acceptors (Lipinski definition) is 7. The largest absolute Gasteiger partial charge is 0.493 e. The minimum absolute atomic E-state index is 0.0521. The fourth-order valence-corrected chi connectivity index (χ4v) is 10.9. The number of aromatic nitrogens is 2. The zero-order valence-corrected chi connectivity index (χ0v) is 26.1. The van der Waals surface area contributed by atoms with Gasteiger partial charge in [-0.25, -0.2) is 9.97 Å². The van der Waals surface area contributed by atoms with Gasteiger partial charge in [0.1, 0.15) is 15.7 Å². The Labute approximate surface area is 251 Å². The van der Waals surface area contributed by atoms with Gasteiger partial charge >= 0.3 is 0 Å². The lowest BCUT2D eigenvalue weighted by Crippen LogP contribution is -2.49. The molecule has 5 aliphatic rings. The van der Waals surface area contributed by atoms with Crippen LogP contribution in [-0.4, -0.2) is 42.4 Å². The lowest BCUT2D eigenvalue weighted by atomic mass is 9.49. The van der Waals surface area contributed by atoms with Crippen LogP contribution in [0.1, 0.15) is 73.7 Å². The Hall–Kier alpha value is -2.32. The fourth-order valence-electron chi connectivity index (χ4n) is 8.60. The molecule has 218 valence electrons. The lowest BCUT2D eigenvalue weighted by Gasteiger charge is -2.56. The molecule has 4 saturated carbocycles. The second kappa shape index (κ2) is 11.1. The Morgan fingerprint density at radius 2 is 1.80 bits per heavy atom. The highest BCUT2D eigenvalue weighted by molar-refractivity contribution is 8.00. The maximum absolute atomic E-state index is 13.0. The van der Waals surface area contributed by atoms with Crippen LogP contribution < -0.4 is 14.8 Å². The molecule has 2 aromatic heterocycles. The van der Waals surface area contributed by atoms with Crippen LogP contribution >= 0.6 is 23.1 Å². The van der Waals surface area contributed by atoms with E-state index in [-0.39, 0.29) is 11.3 Å². The van der Waals surface area contributed by atoms with E-state index in [1.165, 1.54) is 65.6 Å². The number of amides is 1. The van der Waals surface area contributed by atoms with E-state index in [1.54, 1.807) is 26.0 Å². The average molecular weight is 592 g/mol. The van der Waals surface area contributed by atoms with Gasteiger partial charge in [0.05, 0.1) is 20.0 Å². The predicted molar refractivity (Wildman–Crippen MR) is 165 cm³/mol. The van der Waals surface area contributed by atoms with E-state index in [0.717, 1.165) is 59.3 Å². The summed E-state index contributed by atoms with van der Waals surface area (Å²) >= 11 is 3.52. The first-order chi connectivity index (χ1) is 19.9. The molecule has 4 fully saturated rings. The summed E-state index contributed by atoms with van der Waals surface area (Å²) in [6.07, 6.45) is 12.2. The van der Waals surface area contributed by atoms with Crippen LogP contribution in [0, 0.1) is 23.7 Å². The third kappa shape index (κ3) is 5.24. The van der Waals surface area contributed by atoms with Crippen LogP contribution in [0.15, 0.2) is 23.2 Å². The second-order valence-corrected chi connectivity index (χ2v) is 15.2. The number of thioether (sulfide) groups is 1. The number of carbonyl (C=O) groups is 1. The number of fused-ring (bicyclic) bond motifs is 3. The third-order valence-electron chi connectivity index (χ3n) is 10.2. The maximum atomic E-state index is 13.0. The van der Waals surface area contributed by atoms with E-state index in [4.69, 9.17) is 19.4 Å². The molecule has 41 heavy (non-hydrogen) atoms. The van der Waals surface area contributed by atoms with Crippen LogP contribution in [-0.2, 0) is 29.5 Å². The maximum Gasteiger partial charge on any atom is 0.230 e. The summed E-state index contributed by atoms with van der Waals surface area (Å²) in [4.78, 5) is 26.4. The number of nitrogens with zero attached hydrogens (tertiary/aromatic N) is 2. The van der Waals surface area contributed by atoms with Gasteiger partial charge in [0.2, 0.25) is 5.91 Å².